The highest BCUT2D eigenvalue weighted by molar-refractivity contribution is 5.87. The number of halogens is 3. The predicted octanol–water partition coefficient (Wildman–Crippen LogP) is 4.67. The summed E-state index contributed by atoms with van der Waals surface area (Å²) in [7, 11) is 0. The van der Waals surface area contributed by atoms with Gasteiger partial charge in [-0.1, -0.05) is 13.0 Å². The minimum atomic E-state index is -4.40. The van der Waals surface area contributed by atoms with Crippen molar-refractivity contribution < 1.29 is 27.5 Å². The molecule has 5 nitrogen and oxygen atoms in total. The van der Waals surface area contributed by atoms with Gasteiger partial charge in [0.2, 0.25) is 5.91 Å². The molecule has 0 bridgehead atoms. The zero-order chi connectivity index (χ0) is 22.8. The van der Waals surface area contributed by atoms with E-state index in [1.807, 2.05) is 0 Å². The number of nitrogens with one attached hydrogen (secondary N) is 1. The molecular formula is C23H29F3N2O3. The third kappa shape index (κ3) is 3.89. The highest BCUT2D eigenvalue weighted by Crippen LogP contribution is 2.54. The molecule has 170 valence electrons. The van der Waals surface area contributed by atoms with E-state index in [0.29, 0.717) is 31.2 Å². The molecule has 2 amide bonds. The van der Waals surface area contributed by atoms with Crippen LogP contribution in [-0.2, 0) is 28.7 Å². The molecule has 1 saturated carbocycles. The van der Waals surface area contributed by atoms with Crippen LogP contribution in [0.25, 0.3) is 0 Å². The normalized spacial score (nSPS) is 30.4. The number of hydrogen-bond acceptors (Lipinski definition) is 3. The number of rotatable bonds is 1. The fraction of sp³-hybridized carbons (Fsp3) is 0.652. The molecule has 0 aromatic heterocycles. The van der Waals surface area contributed by atoms with Gasteiger partial charge in [-0.15, -0.1) is 0 Å². The van der Waals surface area contributed by atoms with Gasteiger partial charge < -0.3 is 15.0 Å². The van der Waals surface area contributed by atoms with Gasteiger partial charge in [0.1, 0.15) is 5.60 Å². The van der Waals surface area contributed by atoms with Crippen molar-refractivity contribution in [2.75, 3.05) is 0 Å². The maximum atomic E-state index is 13.5. The van der Waals surface area contributed by atoms with Crippen LogP contribution in [0, 0.1) is 11.3 Å². The van der Waals surface area contributed by atoms with Gasteiger partial charge in [-0.3, -0.25) is 4.79 Å². The molecule has 1 saturated heterocycles. The number of carbonyl (C=O) groups is 2. The average molecular weight is 438 g/mol. The van der Waals surface area contributed by atoms with E-state index in [9.17, 15) is 22.8 Å². The van der Waals surface area contributed by atoms with Gasteiger partial charge in [0.25, 0.3) is 0 Å². The molecule has 3 aliphatic rings. The summed E-state index contributed by atoms with van der Waals surface area (Å²) >= 11 is 0. The third-order valence-corrected chi connectivity index (χ3v) is 7.11. The summed E-state index contributed by atoms with van der Waals surface area (Å²) in [5.41, 5.74) is -0.406. The maximum Gasteiger partial charge on any atom is 0.416 e. The zero-order valence-corrected chi connectivity index (χ0v) is 18.3. The topological polar surface area (TPSA) is 58.6 Å². The molecule has 2 fully saturated rings. The lowest BCUT2D eigenvalue weighted by Gasteiger charge is -2.33. The fourth-order valence-corrected chi connectivity index (χ4v) is 5.58. The first-order valence-electron chi connectivity index (χ1n) is 10.8. The molecule has 1 N–H and O–H groups in total. The van der Waals surface area contributed by atoms with Crippen molar-refractivity contribution in [2.45, 2.75) is 83.8 Å². The lowest BCUT2D eigenvalue weighted by atomic mass is 9.73. The summed E-state index contributed by atoms with van der Waals surface area (Å²) in [6, 6.07) is 3.68. The second-order valence-corrected chi connectivity index (χ2v) is 10.2. The van der Waals surface area contributed by atoms with Gasteiger partial charge in [-0.25, -0.2) is 4.79 Å². The van der Waals surface area contributed by atoms with Gasteiger partial charge in [0.15, 0.2) is 0 Å². The van der Waals surface area contributed by atoms with E-state index in [-0.39, 0.29) is 30.5 Å². The minimum absolute atomic E-state index is 0.00144. The Balaban J connectivity index is 1.51. The van der Waals surface area contributed by atoms with E-state index >= 15 is 0 Å². The number of amides is 2. The maximum absolute atomic E-state index is 13.5. The van der Waals surface area contributed by atoms with Crippen LogP contribution in [0.5, 0.6) is 0 Å². The van der Waals surface area contributed by atoms with Crippen molar-refractivity contribution in [3.05, 3.63) is 34.9 Å². The molecule has 2 heterocycles. The van der Waals surface area contributed by atoms with E-state index in [0.717, 1.165) is 11.6 Å². The molecule has 2 unspecified atom stereocenters. The third-order valence-electron chi connectivity index (χ3n) is 7.11. The number of hydrogen-bond donors (Lipinski definition) is 1. The standard InChI is InChI=1S/C23H29F3N2O3/c1-13-18-10-14-5-6-16(23(24,25)26)9-15(14)12-28(18)19(29)22(13)8-7-17(11-22)27-20(30)31-21(2,3)4/h5-6,9,13,17-18H,7-8,10-12H2,1-4H3,(H,27,30)/t13?,17-,18?,22+/m1/s1. The highest BCUT2D eigenvalue weighted by Gasteiger charge is 2.60. The minimum Gasteiger partial charge on any atom is -0.444 e. The molecule has 0 radical (unpaired) electrons. The van der Waals surface area contributed by atoms with Gasteiger partial charge in [0.05, 0.1) is 11.0 Å². The molecule has 4 atom stereocenters. The van der Waals surface area contributed by atoms with Gasteiger partial charge in [0, 0.05) is 18.6 Å². The highest BCUT2D eigenvalue weighted by atomic mass is 19.4. The Hall–Kier alpha value is -2.25. The Morgan fingerprint density at radius 2 is 1.94 bits per heavy atom. The second kappa shape index (κ2) is 7.14. The van der Waals surface area contributed by atoms with Crippen LogP contribution in [0.15, 0.2) is 18.2 Å². The van der Waals surface area contributed by atoms with E-state index < -0.39 is 28.8 Å². The number of alkyl halides is 3. The van der Waals surface area contributed by atoms with Crippen molar-refractivity contribution in [1.29, 1.82) is 0 Å². The number of nitrogens with zero attached hydrogens (tertiary/aromatic N) is 1. The number of alkyl carbamates (subject to hydrolysis) is 1. The monoisotopic (exact) mass is 438 g/mol. The zero-order valence-electron chi connectivity index (χ0n) is 18.3. The summed E-state index contributed by atoms with van der Waals surface area (Å²) in [5, 5.41) is 2.89. The average Bonchev–Trinajstić information content (AvgIpc) is 3.14. The van der Waals surface area contributed by atoms with Gasteiger partial charge in [-0.2, -0.15) is 13.2 Å². The Labute approximate surface area is 180 Å². The lowest BCUT2D eigenvalue weighted by molar-refractivity contribution is -0.137. The molecule has 31 heavy (non-hydrogen) atoms. The van der Waals surface area contributed by atoms with Crippen LogP contribution in [0.2, 0.25) is 0 Å². The molecule has 8 heteroatoms. The van der Waals surface area contributed by atoms with E-state index in [1.54, 1.807) is 31.7 Å². The van der Waals surface area contributed by atoms with Crippen molar-refractivity contribution in [1.82, 2.24) is 10.2 Å². The molecular weight excluding hydrogens is 409 g/mol. The Bertz CT molecular complexity index is 908. The first-order chi connectivity index (χ1) is 14.3. The number of ether oxygens (including phenoxy) is 1. The molecule has 1 aromatic carbocycles. The first-order valence-corrected chi connectivity index (χ1v) is 10.8. The van der Waals surface area contributed by atoms with Crippen LogP contribution >= 0.6 is 0 Å². The predicted molar refractivity (Wildman–Crippen MR) is 108 cm³/mol. The summed E-state index contributed by atoms with van der Waals surface area (Å²) in [6.45, 7) is 7.66. The quantitative estimate of drug-likeness (QED) is 0.693. The lowest BCUT2D eigenvalue weighted by Crippen LogP contribution is -2.41. The first kappa shape index (κ1) is 22.0. The van der Waals surface area contributed by atoms with E-state index in [2.05, 4.69) is 12.2 Å². The van der Waals surface area contributed by atoms with Gasteiger partial charge >= 0.3 is 12.3 Å². The molecule has 1 aromatic rings. The number of fused-ring (bicyclic) bond motifs is 2. The van der Waals surface area contributed by atoms with Crippen LogP contribution in [0.4, 0.5) is 18.0 Å². The second-order valence-electron chi connectivity index (χ2n) is 10.2. The van der Waals surface area contributed by atoms with Crippen LogP contribution in [-0.4, -0.2) is 34.6 Å². The Morgan fingerprint density at radius 1 is 1.23 bits per heavy atom. The van der Waals surface area contributed by atoms with Gasteiger partial charge in [-0.05, 0) is 75.6 Å². The smallest absolute Gasteiger partial charge is 0.416 e. The summed E-state index contributed by atoms with van der Waals surface area (Å²) in [5.74, 6) is 0.0578. The largest absolute Gasteiger partial charge is 0.444 e. The van der Waals surface area contributed by atoms with Crippen LogP contribution in [0.3, 0.4) is 0 Å². The Kier molecular flexibility index (Phi) is 5.06. The SMILES string of the molecule is CC1C2Cc3ccc(C(F)(F)F)cc3CN2C(=O)[C@]12CC[C@@H](NC(=O)OC(C)(C)C)C2. The molecule has 2 aliphatic heterocycles. The van der Waals surface area contributed by atoms with Crippen molar-refractivity contribution >= 4 is 12.0 Å². The molecule has 1 spiro atoms. The van der Waals surface area contributed by atoms with Crippen molar-refractivity contribution in [3.63, 3.8) is 0 Å². The summed E-state index contributed by atoms with van der Waals surface area (Å²) in [6.07, 6.45) is -2.46. The molecule has 4 rings (SSSR count). The van der Waals surface area contributed by atoms with Crippen molar-refractivity contribution in [3.8, 4) is 0 Å². The van der Waals surface area contributed by atoms with E-state index in [4.69, 9.17) is 4.74 Å². The number of benzene rings is 1. The summed E-state index contributed by atoms with van der Waals surface area (Å²) < 4.78 is 44.7. The fourth-order valence-electron chi connectivity index (χ4n) is 5.58. The van der Waals surface area contributed by atoms with E-state index in [1.165, 1.54) is 6.07 Å². The molecule has 1 aliphatic carbocycles. The number of carbonyl (C=O) groups excluding carboxylic acids is 2. The van der Waals surface area contributed by atoms with Crippen LogP contribution in [0.1, 0.15) is 63.6 Å². The Morgan fingerprint density at radius 3 is 2.58 bits per heavy atom. The van der Waals surface area contributed by atoms with Crippen molar-refractivity contribution in [2.24, 2.45) is 11.3 Å². The summed E-state index contributed by atoms with van der Waals surface area (Å²) in [4.78, 5) is 27.4. The van der Waals surface area contributed by atoms with Crippen LogP contribution < -0.4 is 5.32 Å².